The van der Waals surface area contributed by atoms with Crippen molar-refractivity contribution < 1.29 is 10.2 Å². The number of hydrogen-bond donors (Lipinski definition) is 2. The lowest BCUT2D eigenvalue weighted by Crippen LogP contribution is -2.02. The van der Waals surface area contributed by atoms with E-state index in [0.29, 0.717) is 5.56 Å². The third-order valence-electron chi connectivity index (χ3n) is 5.82. The van der Waals surface area contributed by atoms with Gasteiger partial charge < -0.3 is 10.2 Å². The number of aliphatic hydroxyl groups excluding tert-OH is 1. The molecule has 0 aliphatic carbocycles. The maximum absolute atomic E-state index is 11.1. The highest BCUT2D eigenvalue weighted by molar-refractivity contribution is 6.24. The molecule has 5 aromatic rings. The second-order valence-electron chi connectivity index (χ2n) is 7.21. The number of rotatable bonds is 3. The first-order valence-electron chi connectivity index (χ1n) is 9.27. The normalized spacial score (nSPS) is 13.0. The maximum Gasteiger partial charge on any atom is 0.126 e. The van der Waals surface area contributed by atoms with E-state index in [4.69, 9.17) is 0 Å². The van der Waals surface area contributed by atoms with Crippen LogP contribution in [0.25, 0.3) is 32.3 Å². The van der Waals surface area contributed by atoms with Crippen molar-refractivity contribution in [2.45, 2.75) is 19.4 Å². The van der Waals surface area contributed by atoms with Crippen molar-refractivity contribution in [2.24, 2.45) is 0 Å². The van der Waals surface area contributed by atoms with E-state index in [1.165, 1.54) is 16.2 Å². The predicted molar refractivity (Wildman–Crippen MR) is 112 cm³/mol. The number of aromatic hydroxyl groups is 1. The van der Waals surface area contributed by atoms with Crippen molar-refractivity contribution >= 4 is 32.3 Å². The summed E-state index contributed by atoms with van der Waals surface area (Å²) in [5.41, 5.74) is 2.64. The molecule has 5 rings (SSSR count). The fourth-order valence-corrected chi connectivity index (χ4v) is 4.48. The molecule has 0 amide bonds. The van der Waals surface area contributed by atoms with Crippen LogP contribution in [0.2, 0.25) is 0 Å². The van der Waals surface area contributed by atoms with Gasteiger partial charge in [-0.25, -0.2) is 0 Å². The summed E-state index contributed by atoms with van der Waals surface area (Å²) >= 11 is 0. The van der Waals surface area contributed by atoms with Crippen LogP contribution < -0.4 is 0 Å². The van der Waals surface area contributed by atoms with Crippen LogP contribution in [0.5, 0.6) is 5.75 Å². The van der Waals surface area contributed by atoms with E-state index in [0.717, 1.165) is 27.3 Å². The fourth-order valence-electron chi connectivity index (χ4n) is 4.48. The molecule has 0 aliphatic rings. The Labute approximate surface area is 157 Å². The largest absolute Gasteiger partial charge is 0.507 e. The lowest BCUT2D eigenvalue weighted by atomic mass is 9.83. The molecule has 5 aromatic carbocycles. The minimum absolute atomic E-state index is 0.0149. The molecule has 2 N–H and O–H groups in total. The average molecular weight is 352 g/mol. The molecule has 0 saturated heterocycles. The molecular weight excluding hydrogens is 332 g/mol. The second-order valence-corrected chi connectivity index (χ2v) is 7.21. The topological polar surface area (TPSA) is 40.5 Å². The molecule has 2 nitrogen and oxygen atoms in total. The summed E-state index contributed by atoms with van der Waals surface area (Å²) in [5, 5.41) is 27.9. The van der Waals surface area contributed by atoms with Gasteiger partial charge in [0.1, 0.15) is 5.75 Å². The molecule has 1 unspecified atom stereocenters. The summed E-state index contributed by atoms with van der Waals surface area (Å²) in [6.07, 6.45) is 0. The van der Waals surface area contributed by atoms with Gasteiger partial charge in [0.2, 0.25) is 0 Å². The Kier molecular flexibility index (Phi) is 3.56. The molecule has 2 heteroatoms. The maximum atomic E-state index is 11.1. The quantitative estimate of drug-likeness (QED) is 0.395. The lowest BCUT2D eigenvalue weighted by molar-refractivity contribution is 0.277. The molecule has 0 radical (unpaired) electrons. The molecule has 132 valence electrons. The first kappa shape index (κ1) is 16.1. The van der Waals surface area contributed by atoms with Gasteiger partial charge >= 0.3 is 0 Å². The zero-order valence-corrected chi connectivity index (χ0v) is 15.1. The fraction of sp³-hybridized carbons (Fsp3) is 0.120. The van der Waals surface area contributed by atoms with Crippen LogP contribution in [0.3, 0.4) is 0 Å². The number of aliphatic hydroxyl groups is 1. The number of benzene rings is 5. The smallest absolute Gasteiger partial charge is 0.126 e. The van der Waals surface area contributed by atoms with Crippen molar-refractivity contribution in [2.75, 3.05) is 0 Å². The van der Waals surface area contributed by atoms with Gasteiger partial charge in [-0.2, -0.15) is 0 Å². The molecule has 0 saturated carbocycles. The van der Waals surface area contributed by atoms with Crippen molar-refractivity contribution in [3.05, 3.63) is 89.5 Å². The van der Waals surface area contributed by atoms with Gasteiger partial charge in [0.05, 0.1) is 6.61 Å². The van der Waals surface area contributed by atoms with Gasteiger partial charge in [-0.05, 0) is 37.9 Å². The van der Waals surface area contributed by atoms with E-state index in [1.54, 1.807) is 0 Å². The van der Waals surface area contributed by atoms with Crippen LogP contribution in [0, 0.1) is 0 Å². The minimum Gasteiger partial charge on any atom is -0.507 e. The highest BCUT2D eigenvalue weighted by atomic mass is 16.3. The highest BCUT2D eigenvalue weighted by Crippen LogP contribution is 2.46. The third kappa shape index (κ3) is 2.23. The van der Waals surface area contributed by atoms with E-state index in [9.17, 15) is 10.2 Å². The van der Waals surface area contributed by atoms with Crippen LogP contribution in [-0.4, -0.2) is 10.2 Å². The first-order chi connectivity index (χ1) is 13.2. The zero-order chi connectivity index (χ0) is 18.5. The van der Waals surface area contributed by atoms with Crippen LogP contribution >= 0.6 is 0 Å². The summed E-state index contributed by atoms with van der Waals surface area (Å²) < 4.78 is 0. The molecule has 0 heterocycles. The van der Waals surface area contributed by atoms with Crippen molar-refractivity contribution in [3.63, 3.8) is 0 Å². The summed E-state index contributed by atoms with van der Waals surface area (Å²) in [5.74, 6) is 0.223. The van der Waals surface area contributed by atoms with Gasteiger partial charge in [0.15, 0.2) is 0 Å². The highest BCUT2D eigenvalue weighted by Gasteiger charge is 2.23. The van der Waals surface area contributed by atoms with Crippen molar-refractivity contribution in [3.8, 4) is 5.75 Å². The minimum atomic E-state index is -0.186. The number of phenols is 1. The van der Waals surface area contributed by atoms with Gasteiger partial charge in [0.25, 0.3) is 0 Å². The van der Waals surface area contributed by atoms with Gasteiger partial charge in [-0.3, -0.25) is 0 Å². The van der Waals surface area contributed by atoms with E-state index in [2.05, 4.69) is 55.5 Å². The van der Waals surface area contributed by atoms with Crippen molar-refractivity contribution in [1.29, 1.82) is 0 Å². The summed E-state index contributed by atoms with van der Waals surface area (Å²) in [6.45, 7) is 1.93. The Bertz CT molecular complexity index is 1260. The average Bonchev–Trinajstić information content (AvgIpc) is 2.72. The van der Waals surface area contributed by atoms with Crippen LogP contribution in [0.1, 0.15) is 29.5 Å². The zero-order valence-electron chi connectivity index (χ0n) is 15.1. The lowest BCUT2D eigenvalue weighted by Gasteiger charge is -2.22. The van der Waals surface area contributed by atoms with Gasteiger partial charge in [-0.1, -0.05) is 79.7 Å². The van der Waals surface area contributed by atoms with E-state index < -0.39 is 0 Å². The summed E-state index contributed by atoms with van der Waals surface area (Å²) in [6, 6.07) is 24.8. The Hall–Kier alpha value is -3.10. The molecule has 0 aromatic heterocycles. The summed E-state index contributed by atoms with van der Waals surface area (Å²) in [7, 11) is 0. The monoisotopic (exact) mass is 352 g/mol. The second kappa shape index (κ2) is 5.97. The Morgan fingerprint density at radius 3 is 2.07 bits per heavy atom. The van der Waals surface area contributed by atoms with Crippen LogP contribution in [-0.2, 0) is 6.61 Å². The van der Waals surface area contributed by atoms with E-state index in [1.807, 2.05) is 24.3 Å². The van der Waals surface area contributed by atoms with Gasteiger partial charge in [-0.15, -0.1) is 0 Å². The molecular formula is C25H20O2. The Balaban J connectivity index is 1.97. The SMILES string of the molecule is CC(c1ccccc1)c1c(O)c(CO)c2ccc3cccc4ccc1c2c34. The molecule has 0 bridgehead atoms. The van der Waals surface area contributed by atoms with Crippen LogP contribution in [0.4, 0.5) is 0 Å². The Morgan fingerprint density at radius 2 is 1.41 bits per heavy atom. The first-order valence-corrected chi connectivity index (χ1v) is 9.27. The van der Waals surface area contributed by atoms with Crippen molar-refractivity contribution in [1.82, 2.24) is 0 Å². The van der Waals surface area contributed by atoms with Crippen LogP contribution in [0.15, 0.2) is 72.8 Å². The third-order valence-corrected chi connectivity index (χ3v) is 5.82. The summed E-state index contributed by atoms with van der Waals surface area (Å²) in [4.78, 5) is 0. The molecule has 0 spiro atoms. The molecule has 27 heavy (non-hydrogen) atoms. The standard InChI is InChI=1S/C25H20O2/c1-15(16-6-3-2-4-7-16)22-20-13-11-18-9-5-8-17-10-12-19(24(20)23(17)18)21(14-26)25(22)27/h2-13,15,26-27H,14H2,1H3. The van der Waals surface area contributed by atoms with Gasteiger partial charge in [0, 0.05) is 17.0 Å². The van der Waals surface area contributed by atoms with E-state index >= 15 is 0 Å². The predicted octanol–water partition coefficient (Wildman–Crippen LogP) is 5.93. The molecule has 0 fully saturated rings. The van der Waals surface area contributed by atoms with E-state index in [-0.39, 0.29) is 18.3 Å². The Morgan fingerprint density at radius 1 is 0.741 bits per heavy atom. The molecule has 0 aliphatic heterocycles. The number of hydrogen-bond acceptors (Lipinski definition) is 2. The molecule has 1 atom stereocenters.